The summed E-state index contributed by atoms with van der Waals surface area (Å²) in [6.45, 7) is 20.6. The number of benzene rings is 6. The van der Waals surface area contributed by atoms with Crippen LogP contribution in [0.5, 0.6) is 0 Å². The molecule has 1 unspecified atom stereocenters. The molecular weight excluding hydrogens is 1290 g/mol. The fourth-order valence-corrected chi connectivity index (χ4v) is 12.0. The van der Waals surface area contributed by atoms with E-state index in [-0.39, 0.29) is 23.8 Å². The largest absolute Gasteiger partial charge is 0.369 e. The summed E-state index contributed by atoms with van der Waals surface area (Å²) in [5, 5.41) is 27.7. The minimum absolute atomic E-state index is 0.137. The molecule has 3 fully saturated rings. The number of amides is 3. The van der Waals surface area contributed by atoms with Crippen LogP contribution in [0.25, 0.3) is 66.1 Å². The van der Waals surface area contributed by atoms with Crippen LogP contribution in [0.3, 0.4) is 0 Å². The number of piperazine rings is 2. The molecule has 0 aliphatic carbocycles. The topological polar surface area (TPSA) is 282 Å². The Kier molecular flexibility index (Phi) is 22.0. The smallest absolute Gasteiger partial charge is 0.247 e. The molecule has 3 aliphatic heterocycles. The molecule has 3 amide bonds. The number of likely N-dealkylation sites (N-methyl/N-ethyl adjacent to an activating group) is 1. The first-order chi connectivity index (χ1) is 50.5. The highest BCUT2D eigenvalue weighted by molar-refractivity contribution is 6.03. The maximum atomic E-state index is 11.7. The number of anilines is 11. The number of fused-ring (bicyclic) bond motifs is 3. The SMILES string of the molecule is C=CC(=O)Nc1cccc(-c2cccc3cnc(Nc4ccc(N5CCN(C)CC5)nc4)nc23)c1.C=CC(=O)Nc1cccc(-c2cccc3cnc(Nc4ccc(N5CCNCC5)nc4)nc23)c1.C=CC(=O)Nc1cccc(-c2cccc3cnc(Nc4cccnc4C4CNCCO4)nc23)c1. The molecule has 516 valence electrons. The number of pyridine rings is 3. The van der Waals surface area contributed by atoms with Gasteiger partial charge in [0.1, 0.15) is 17.7 Å². The second-order valence-electron chi connectivity index (χ2n) is 24.3. The zero-order valence-corrected chi connectivity index (χ0v) is 56.8. The number of carbonyl (C=O) groups is 3. The molecule has 24 heteroatoms. The van der Waals surface area contributed by atoms with E-state index in [0.717, 1.165) is 159 Å². The first kappa shape index (κ1) is 68.8. The van der Waals surface area contributed by atoms with Crippen molar-refractivity contribution in [1.82, 2.24) is 60.4 Å². The molecule has 0 radical (unpaired) electrons. The summed E-state index contributed by atoms with van der Waals surface area (Å²) < 4.78 is 5.89. The normalized spacial score (nSPS) is 14.4. The third-order valence-electron chi connectivity index (χ3n) is 17.3. The predicted octanol–water partition coefficient (Wildman–Crippen LogP) is 12.5. The van der Waals surface area contributed by atoms with Crippen molar-refractivity contribution < 1.29 is 19.1 Å². The summed E-state index contributed by atoms with van der Waals surface area (Å²) in [5.41, 5.74) is 13.4. The van der Waals surface area contributed by atoms with E-state index < -0.39 is 0 Å². The van der Waals surface area contributed by atoms with Crippen LogP contribution >= 0.6 is 0 Å². The Balaban J connectivity index is 0.000000138. The molecule has 3 aliphatic rings. The van der Waals surface area contributed by atoms with Crippen LogP contribution in [0.1, 0.15) is 11.8 Å². The van der Waals surface area contributed by atoms with Gasteiger partial charge in [0.15, 0.2) is 0 Å². The van der Waals surface area contributed by atoms with E-state index in [2.05, 4.69) is 114 Å². The van der Waals surface area contributed by atoms with Crippen LogP contribution in [0.15, 0.2) is 239 Å². The van der Waals surface area contributed by atoms with Crippen molar-refractivity contribution in [2.75, 3.05) is 121 Å². The Morgan fingerprint density at radius 3 is 1.30 bits per heavy atom. The molecule has 3 saturated heterocycles. The summed E-state index contributed by atoms with van der Waals surface area (Å²) in [4.78, 5) is 83.7. The van der Waals surface area contributed by atoms with Gasteiger partial charge in [0.2, 0.25) is 35.6 Å². The van der Waals surface area contributed by atoms with Gasteiger partial charge in [-0.15, -0.1) is 0 Å². The van der Waals surface area contributed by atoms with Crippen LogP contribution in [-0.4, -0.2) is 147 Å². The van der Waals surface area contributed by atoms with E-state index in [0.29, 0.717) is 48.1 Å². The number of aromatic nitrogens is 9. The molecule has 0 spiro atoms. The molecule has 0 saturated carbocycles. The Labute approximate surface area is 595 Å². The van der Waals surface area contributed by atoms with Gasteiger partial charge in [0.05, 0.1) is 58.3 Å². The lowest BCUT2D eigenvalue weighted by Gasteiger charge is -2.33. The lowest BCUT2D eigenvalue weighted by molar-refractivity contribution is -0.112. The van der Waals surface area contributed by atoms with E-state index in [1.54, 1.807) is 18.6 Å². The number of nitrogens with one attached hydrogen (secondary N) is 8. The number of hydrogen-bond donors (Lipinski definition) is 8. The lowest BCUT2D eigenvalue weighted by atomic mass is 10.0. The standard InChI is InChI=1S/C27H27N7O.C26H25N7O.C26H24N6O2/c1-3-25(35)30-21-8-4-6-19(16-21)23-9-5-7-20-17-29-27(32-26(20)23)31-22-10-11-24(28-18-22)34-14-12-33(2)13-15-34;1-2-24(34)30-20-7-3-5-18(15-20)22-8-4-6-19-16-29-26(32-25(19)22)31-21-9-10-23(28-17-21)33-13-11-27-12-14-33;1-2-23(33)30-19-8-3-6-17(14-19)20-9-4-7-18-15-29-26(32-24(18)20)31-21-10-5-11-28-25(21)22-16-27-12-13-34-22/h3-11,16-18H,1,12-15H2,2H3,(H,30,35)(H,29,31,32);2-10,15-17,27H,1,11-14H2,(H,30,34)(H,29,31,32);2-11,14-15,22,27H,1,12-13,16H2,(H,30,33)(H,29,31,32). The van der Waals surface area contributed by atoms with E-state index >= 15 is 0 Å². The molecule has 15 rings (SSSR count). The van der Waals surface area contributed by atoms with Gasteiger partial charge < -0.3 is 62.0 Å². The van der Waals surface area contributed by atoms with Gasteiger partial charge in [-0.1, -0.05) is 111 Å². The minimum atomic E-state index is -0.256. The number of nitrogens with zero attached hydrogens (tertiary/aromatic N) is 12. The summed E-state index contributed by atoms with van der Waals surface area (Å²) in [5.74, 6) is 2.65. The van der Waals surface area contributed by atoms with Gasteiger partial charge in [-0.05, 0) is 115 Å². The maximum absolute atomic E-state index is 11.7. The van der Waals surface area contributed by atoms with Crippen LogP contribution in [0.4, 0.5) is 63.6 Å². The highest BCUT2D eigenvalue weighted by Crippen LogP contribution is 2.35. The molecule has 6 aromatic heterocycles. The van der Waals surface area contributed by atoms with Gasteiger partial charge in [0, 0.05) is 140 Å². The van der Waals surface area contributed by atoms with Gasteiger partial charge in [-0.2, -0.15) is 0 Å². The summed E-state index contributed by atoms with van der Waals surface area (Å²) >= 11 is 0. The van der Waals surface area contributed by atoms with Gasteiger partial charge in [-0.3, -0.25) is 19.4 Å². The van der Waals surface area contributed by atoms with Crippen LogP contribution in [0, 0.1) is 0 Å². The van der Waals surface area contributed by atoms with Crippen molar-refractivity contribution in [1.29, 1.82) is 0 Å². The molecule has 103 heavy (non-hydrogen) atoms. The van der Waals surface area contributed by atoms with Crippen molar-refractivity contribution in [3.63, 3.8) is 0 Å². The third-order valence-corrected chi connectivity index (χ3v) is 17.3. The average Bonchev–Trinajstić information content (AvgIpc) is 0.803. The van der Waals surface area contributed by atoms with Crippen molar-refractivity contribution in [3.05, 3.63) is 245 Å². The zero-order valence-electron chi connectivity index (χ0n) is 56.8. The summed E-state index contributed by atoms with van der Waals surface area (Å²) in [6.07, 6.45) is 14.4. The Morgan fingerprint density at radius 1 is 0.447 bits per heavy atom. The summed E-state index contributed by atoms with van der Waals surface area (Å²) in [7, 11) is 2.14. The van der Waals surface area contributed by atoms with E-state index in [4.69, 9.17) is 19.7 Å². The Morgan fingerprint density at radius 2 is 0.883 bits per heavy atom. The average molecular weight is 1370 g/mol. The van der Waals surface area contributed by atoms with Crippen molar-refractivity contribution >= 4 is 114 Å². The third kappa shape index (κ3) is 17.5. The molecule has 0 bridgehead atoms. The van der Waals surface area contributed by atoms with Crippen LogP contribution in [0.2, 0.25) is 0 Å². The predicted molar refractivity (Wildman–Crippen MR) is 410 cm³/mol. The van der Waals surface area contributed by atoms with Gasteiger partial charge in [0.25, 0.3) is 0 Å². The van der Waals surface area contributed by atoms with E-state index in [9.17, 15) is 14.4 Å². The lowest BCUT2D eigenvalue weighted by Crippen LogP contribution is -2.44. The number of para-hydroxylation sites is 3. The second-order valence-corrected chi connectivity index (χ2v) is 24.3. The monoisotopic (exact) mass is 1370 g/mol. The first-order valence-electron chi connectivity index (χ1n) is 33.8. The minimum Gasteiger partial charge on any atom is -0.369 e. The second kappa shape index (κ2) is 33.0. The molecule has 1 atom stereocenters. The fourth-order valence-electron chi connectivity index (χ4n) is 12.0. The van der Waals surface area contributed by atoms with Crippen LogP contribution in [-0.2, 0) is 19.1 Å². The van der Waals surface area contributed by atoms with Crippen molar-refractivity contribution in [2.24, 2.45) is 0 Å². The number of ether oxygens (including phenoxy) is 1. The van der Waals surface area contributed by atoms with E-state index in [1.807, 2.05) is 182 Å². The molecule has 9 heterocycles. The number of hydrogen-bond acceptors (Lipinski definition) is 21. The summed E-state index contributed by atoms with van der Waals surface area (Å²) in [6, 6.07) is 52.7. The highest BCUT2D eigenvalue weighted by Gasteiger charge is 2.22. The number of rotatable bonds is 18. The molecule has 24 nitrogen and oxygen atoms in total. The maximum Gasteiger partial charge on any atom is 0.247 e. The van der Waals surface area contributed by atoms with Crippen LogP contribution < -0.4 is 52.3 Å². The van der Waals surface area contributed by atoms with Crippen molar-refractivity contribution in [2.45, 2.75) is 6.10 Å². The zero-order chi connectivity index (χ0) is 70.9. The molecular formula is C79H76N20O4. The number of carbonyl (C=O) groups excluding carboxylic acids is 3. The van der Waals surface area contributed by atoms with Gasteiger partial charge in [-0.25, -0.2) is 39.9 Å². The first-order valence-corrected chi connectivity index (χ1v) is 33.8. The quantitative estimate of drug-likeness (QED) is 0.0371. The van der Waals surface area contributed by atoms with E-state index in [1.165, 1.54) is 18.2 Å². The fraction of sp³-hybridized carbons (Fsp3) is 0.165. The van der Waals surface area contributed by atoms with Gasteiger partial charge >= 0.3 is 0 Å². The Hall–Kier alpha value is -12.7. The highest BCUT2D eigenvalue weighted by atomic mass is 16.5. The Bertz CT molecular complexity index is 5040. The van der Waals surface area contributed by atoms with Crippen molar-refractivity contribution in [3.8, 4) is 33.4 Å². The molecule has 12 aromatic rings. The number of morpholine rings is 1. The molecule has 6 aromatic carbocycles. The molecule has 8 N–H and O–H groups in total.